The van der Waals surface area contributed by atoms with E-state index >= 15 is 0 Å². The Bertz CT molecular complexity index is 1800. The van der Waals surface area contributed by atoms with Crippen LogP contribution in [0.5, 0.6) is 0 Å². The molecule has 3 amide bonds. The molecule has 4 aromatic carbocycles. The van der Waals surface area contributed by atoms with E-state index in [1.165, 1.54) is 0 Å². The van der Waals surface area contributed by atoms with E-state index in [1.54, 1.807) is 54.7 Å². The molecule has 11 heteroatoms. The van der Waals surface area contributed by atoms with Crippen molar-refractivity contribution < 1.29 is 27.6 Å². The van der Waals surface area contributed by atoms with Gasteiger partial charge in [0.25, 0.3) is 11.8 Å². The van der Waals surface area contributed by atoms with Gasteiger partial charge in [-0.1, -0.05) is 42.5 Å². The molecule has 0 aliphatic rings. The van der Waals surface area contributed by atoms with Crippen LogP contribution in [0.2, 0.25) is 0 Å². The molecular weight excluding hydrogens is 571 g/mol. The number of carbonyl (C=O) groups is 3. The van der Waals surface area contributed by atoms with Crippen molar-refractivity contribution in [2.75, 3.05) is 11.1 Å². The number of rotatable bonds is 9. The first kappa shape index (κ1) is 29.9. The number of aromatic amines is 1. The number of amides is 3. The Labute approximate surface area is 250 Å². The largest absolute Gasteiger partial charge is 0.416 e. The summed E-state index contributed by atoms with van der Waals surface area (Å²) in [5.41, 5.74) is 8.67. The van der Waals surface area contributed by atoms with Crippen molar-refractivity contribution in [1.82, 2.24) is 15.6 Å². The SMILES string of the molecule is Nc1ccccc1NC(=O)c1ccc(CNC(=O)[C@H](Cc2c[nH]c3ccccc23)NC(=O)c2ccc(C(F)(F)F)cc2)cc1. The molecule has 0 bridgehead atoms. The van der Waals surface area contributed by atoms with Crippen LogP contribution in [0.15, 0.2) is 103 Å². The number of aromatic nitrogens is 1. The summed E-state index contributed by atoms with van der Waals surface area (Å²) in [5, 5.41) is 9.11. The average Bonchev–Trinajstić information content (AvgIpc) is 3.43. The number of alkyl halides is 3. The lowest BCUT2D eigenvalue weighted by Crippen LogP contribution is -2.47. The van der Waals surface area contributed by atoms with E-state index in [4.69, 9.17) is 5.73 Å². The van der Waals surface area contributed by atoms with Crippen molar-refractivity contribution in [3.63, 3.8) is 0 Å². The van der Waals surface area contributed by atoms with Gasteiger partial charge in [0.15, 0.2) is 0 Å². The van der Waals surface area contributed by atoms with Crippen LogP contribution in [0.4, 0.5) is 24.5 Å². The normalized spacial score (nSPS) is 12.0. The topological polar surface area (TPSA) is 129 Å². The Morgan fingerprint density at radius 3 is 2.14 bits per heavy atom. The van der Waals surface area contributed by atoms with E-state index in [0.717, 1.165) is 40.7 Å². The summed E-state index contributed by atoms with van der Waals surface area (Å²) >= 11 is 0. The van der Waals surface area contributed by atoms with Gasteiger partial charge in [0.05, 0.1) is 16.9 Å². The maximum Gasteiger partial charge on any atom is 0.416 e. The van der Waals surface area contributed by atoms with Gasteiger partial charge in [-0.05, 0) is 65.7 Å². The van der Waals surface area contributed by atoms with Crippen molar-refractivity contribution in [3.8, 4) is 0 Å². The molecule has 0 spiro atoms. The molecule has 8 nitrogen and oxygen atoms in total. The molecule has 5 rings (SSSR count). The monoisotopic (exact) mass is 599 g/mol. The Balaban J connectivity index is 1.28. The molecule has 0 saturated carbocycles. The van der Waals surface area contributed by atoms with E-state index < -0.39 is 29.6 Å². The van der Waals surface area contributed by atoms with Gasteiger partial charge in [0.2, 0.25) is 5.91 Å². The van der Waals surface area contributed by atoms with Gasteiger partial charge in [-0.25, -0.2) is 0 Å². The molecule has 44 heavy (non-hydrogen) atoms. The lowest BCUT2D eigenvalue weighted by atomic mass is 10.0. The van der Waals surface area contributed by atoms with Gasteiger partial charge >= 0.3 is 6.18 Å². The minimum Gasteiger partial charge on any atom is -0.397 e. The summed E-state index contributed by atoms with van der Waals surface area (Å²) in [6.45, 7) is 0.104. The minimum atomic E-state index is -4.54. The van der Waals surface area contributed by atoms with Gasteiger partial charge in [0, 0.05) is 41.2 Å². The smallest absolute Gasteiger partial charge is 0.397 e. The fourth-order valence-electron chi connectivity index (χ4n) is 4.67. The molecule has 0 fully saturated rings. The van der Waals surface area contributed by atoms with Gasteiger partial charge in [-0.15, -0.1) is 0 Å². The van der Waals surface area contributed by atoms with Crippen LogP contribution in [-0.4, -0.2) is 28.7 Å². The third-order valence-corrected chi connectivity index (χ3v) is 7.09. The van der Waals surface area contributed by atoms with Crippen LogP contribution in [0, 0.1) is 0 Å². The standard InChI is InChI=1S/C33H28F3N5O3/c34-33(35,36)24-15-13-22(14-16-24)31(43)41-29(17-23-19-38-27-7-3-1-5-25(23)27)32(44)39-18-20-9-11-21(12-10-20)30(42)40-28-8-4-2-6-26(28)37/h1-16,19,29,38H,17-18,37H2,(H,39,44)(H,40,42)(H,41,43)/t29-/m0/s1. The van der Waals surface area contributed by atoms with Crippen LogP contribution < -0.4 is 21.7 Å². The molecule has 224 valence electrons. The maximum atomic E-state index is 13.4. The summed E-state index contributed by atoms with van der Waals surface area (Å²) in [6, 6.07) is 23.8. The molecule has 1 atom stereocenters. The zero-order valence-electron chi connectivity index (χ0n) is 23.2. The fourth-order valence-corrected chi connectivity index (χ4v) is 4.67. The van der Waals surface area contributed by atoms with Crippen LogP contribution in [0.25, 0.3) is 10.9 Å². The number of nitrogens with one attached hydrogen (secondary N) is 4. The second-order valence-electron chi connectivity index (χ2n) is 10.1. The van der Waals surface area contributed by atoms with E-state index in [9.17, 15) is 27.6 Å². The molecular formula is C33H28F3N5O3. The van der Waals surface area contributed by atoms with Crippen LogP contribution >= 0.6 is 0 Å². The van der Waals surface area contributed by atoms with E-state index in [1.807, 2.05) is 24.3 Å². The molecule has 1 heterocycles. The van der Waals surface area contributed by atoms with Crippen molar-refractivity contribution in [2.45, 2.75) is 25.2 Å². The zero-order valence-corrected chi connectivity index (χ0v) is 23.2. The van der Waals surface area contributed by atoms with Crippen molar-refractivity contribution in [2.24, 2.45) is 0 Å². The molecule has 6 N–H and O–H groups in total. The van der Waals surface area contributed by atoms with Gasteiger partial charge in [-0.2, -0.15) is 13.2 Å². The summed E-state index contributed by atoms with van der Waals surface area (Å²) in [7, 11) is 0. The lowest BCUT2D eigenvalue weighted by Gasteiger charge is -2.19. The number of carbonyl (C=O) groups excluding carboxylic acids is 3. The van der Waals surface area contributed by atoms with Crippen LogP contribution in [-0.2, 0) is 23.9 Å². The first-order valence-corrected chi connectivity index (χ1v) is 13.6. The third-order valence-electron chi connectivity index (χ3n) is 7.09. The number of nitrogen functional groups attached to an aromatic ring is 1. The maximum absolute atomic E-state index is 13.4. The highest BCUT2D eigenvalue weighted by molar-refractivity contribution is 6.05. The summed E-state index contributed by atoms with van der Waals surface area (Å²) in [6.07, 6.45) is -2.66. The Kier molecular flexibility index (Phi) is 8.66. The number of para-hydroxylation sites is 3. The summed E-state index contributed by atoms with van der Waals surface area (Å²) in [5.74, 6) is -1.52. The number of H-pyrrole nitrogens is 1. The van der Waals surface area contributed by atoms with E-state index in [-0.39, 0.29) is 24.4 Å². The number of hydrogen-bond donors (Lipinski definition) is 5. The van der Waals surface area contributed by atoms with Gasteiger partial charge in [0.1, 0.15) is 6.04 Å². The van der Waals surface area contributed by atoms with Crippen molar-refractivity contribution in [3.05, 3.63) is 131 Å². The molecule has 1 aromatic heterocycles. The quantitative estimate of drug-likeness (QED) is 0.140. The molecule has 0 radical (unpaired) electrons. The molecule has 0 aliphatic heterocycles. The third kappa shape index (κ3) is 7.06. The Hall–Kier alpha value is -5.58. The first-order chi connectivity index (χ1) is 21.1. The number of halogens is 3. The number of anilines is 2. The lowest BCUT2D eigenvalue weighted by molar-refractivity contribution is -0.137. The van der Waals surface area contributed by atoms with Gasteiger partial charge in [-0.3, -0.25) is 14.4 Å². The molecule has 5 aromatic rings. The number of fused-ring (bicyclic) bond motifs is 1. The predicted octanol–water partition coefficient (Wildman–Crippen LogP) is 5.68. The van der Waals surface area contributed by atoms with E-state index in [0.29, 0.717) is 22.5 Å². The molecule has 0 aliphatic carbocycles. The molecule has 0 unspecified atom stereocenters. The van der Waals surface area contributed by atoms with Gasteiger partial charge < -0.3 is 26.7 Å². The predicted molar refractivity (Wildman–Crippen MR) is 162 cm³/mol. The highest BCUT2D eigenvalue weighted by Gasteiger charge is 2.30. The Morgan fingerprint density at radius 1 is 0.795 bits per heavy atom. The zero-order chi connectivity index (χ0) is 31.3. The minimum absolute atomic E-state index is 0.0131. The molecule has 0 saturated heterocycles. The highest BCUT2D eigenvalue weighted by atomic mass is 19.4. The van der Waals surface area contributed by atoms with Crippen LogP contribution in [0.1, 0.15) is 37.4 Å². The number of nitrogens with two attached hydrogens (primary N) is 1. The summed E-state index contributed by atoms with van der Waals surface area (Å²) < 4.78 is 39.0. The Morgan fingerprint density at radius 2 is 1.43 bits per heavy atom. The first-order valence-electron chi connectivity index (χ1n) is 13.6. The fraction of sp³-hybridized carbons (Fsp3) is 0.121. The second-order valence-corrected chi connectivity index (χ2v) is 10.1. The summed E-state index contributed by atoms with van der Waals surface area (Å²) in [4.78, 5) is 42.2. The second kappa shape index (κ2) is 12.7. The van der Waals surface area contributed by atoms with E-state index in [2.05, 4.69) is 20.9 Å². The highest BCUT2D eigenvalue weighted by Crippen LogP contribution is 2.29. The average molecular weight is 600 g/mol. The number of hydrogen-bond acceptors (Lipinski definition) is 4. The number of benzene rings is 4. The van der Waals surface area contributed by atoms with Crippen molar-refractivity contribution >= 4 is 40.0 Å². The van der Waals surface area contributed by atoms with Crippen LogP contribution in [0.3, 0.4) is 0 Å². The van der Waals surface area contributed by atoms with Crippen molar-refractivity contribution in [1.29, 1.82) is 0 Å².